The number of anilines is 1. The average Bonchev–Trinajstić information content (AvgIpc) is 2.57. The van der Waals surface area contributed by atoms with E-state index in [1.165, 1.54) is 4.31 Å². The molecular formula is C19H31N3O4S. The molecule has 1 saturated heterocycles. The lowest BCUT2D eigenvalue weighted by atomic mass is 10.1. The Hall–Kier alpha value is -1.64. The van der Waals surface area contributed by atoms with E-state index in [9.17, 15) is 13.2 Å². The molecule has 1 aliphatic rings. The quantitative estimate of drug-likeness (QED) is 0.669. The normalized spacial score (nSPS) is 16.7. The molecule has 0 aromatic heterocycles. The monoisotopic (exact) mass is 397 g/mol. The average molecular weight is 398 g/mol. The lowest BCUT2D eigenvalue weighted by Crippen LogP contribution is -2.48. The van der Waals surface area contributed by atoms with Crippen molar-refractivity contribution >= 4 is 21.6 Å². The van der Waals surface area contributed by atoms with Crippen LogP contribution in [-0.2, 0) is 19.6 Å². The van der Waals surface area contributed by atoms with E-state index in [-0.39, 0.29) is 5.91 Å². The minimum Gasteiger partial charge on any atom is -0.379 e. The van der Waals surface area contributed by atoms with Crippen LogP contribution in [0.2, 0.25) is 0 Å². The smallest absolute Gasteiger partial charge is 0.243 e. The largest absolute Gasteiger partial charge is 0.379 e. The Morgan fingerprint density at radius 2 is 1.81 bits per heavy atom. The van der Waals surface area contributed by atoms with Gasteiger partial charge in [-0.05, 0) is 57.0 Å². The fourth-order valence-electron chi connectivity index (χ4n) is 3.37. The van der Waals surface area contributed by atoms with E-state index in [0.29, 0.717) is 12.2 Å². The Morgan fingerprint density at radius 3 is 2.37 bits per heavy atom. The first-order valence-electron chi connectivity index (χ1n) is 9.34. The van der Waals surface area contributed by atoms with Crippen molar-refractivity contribution in [2.24, 2.45) is 0 Å². The number of morpholine rings is 1. The van der Waals surface area contributed by atoms with Crippen molar-refractivity contribution in [1.29, 1.82) is 0 Å². The van der Waals surface area contributed by atoms with Gasteiger partial charge >= 0.3 is 0 Å². The number of aryl methyl sites for hydroxylation is 2. The number of carbonyl (C=O) groups is 1. The molecule has 1 N–H and O–H groups in total. The van der Waals surface area contributed by atoms with Gasteiger partial charge in [0.25, 0.3) is 0 Å². The van der Waals surface area contributed by atoms with E-state index in [1.54, 1.807) is 19.1 Å². The third kappa shape index (κ3) is 6.48. The number of amides is 1. The van der Waals surface area contributed by atoms with Crippen molar-refractivity contribution in [3.8, 4) is 0 Å². The molecule has 27 heavy (non-hydrogen) atoms. The summed E-state index contributed by atoms with van der Waals surface area (Å²) in [7, 11) is -3.59. The molecule has 1 aromatic carbocycles. The highest BCUT2D eigenvalue weighted by atomic mass is 32.2. The Bertz CT molecular complexity index is 725. The number of hydrogen-bond acceptors (Lipinski definition) is 5. The second kappa shape index (κ2) is 9.52. The highest BCUT2D eigenvalue weighted by molar-refractivity contribution is 7.92. The van der Waals surface area contributed by atoms with Crippen LogP contribution in [0.25, 0.3) is 0 Å². The van der Waals surface area contributed by atoms with Crippen LogP contribution in [0.15, 0.2) is 18.2 Å². The summed E-state index contributed by atoms with van der Waals surface area (Å²) in [4.78, 5) is 14.9. The summed E-state index contributed by atoms with van der Waals surface area (Å²) in [6.07, 6.45) is 1.95. The van der Waals surface area contributed by atoms with E-state index >= 15 is 0 Å². The first kappa shape index (κ1) is 21.7. The van der Waals surface area contributed by atoms with Gasteiger partial charge in [0, 0.05) is 19.6 Å². The standard InChI is InChI=1S/C19H31N3O4S/c1-15-12-16(2)14-18(13-15)22(27(4,24)25)17(3)19(23)20-6-5-7-21-8-10-26-11-9-21/h12-14,17H,5-11H2,1-4H3,(H,20,23)/t17-/m1/s1. The zero-order valence-electron chi connectivity index (χ0n) is 16.7. The van der Waals surface area contributed by atoms with Gasteiger partial charge in [-0.3, -0.25) is 14.0 Å². The summed E-state index contributed by atoms with van der Waals surface area (Å²) in [6, 6.07) is 4.73. The van der Waals surface area contributed by atoms with Crippen LogP contribution in [0.1, 0.15) is 24.5 Å². The van der Waals surface area contributed by atoms with Crippen molar-refractivity contribution in [2.75, 3.05) is 50.0 Å². The van der Waals surface area contributed by atoms with Crippen molar-refractivity contribution in [1.82, 2.24) is 10.2 Å². The molecule has 1 fully saturated rings. The molecule has 1 amide bonds. The van der Waals surface area contributed by atoms with Gasteiger partial charge in [0.05, 0.1) is 25.2 Å². The van der Waals surface area contributed by atoms with E-state index in [0.717, 1.165) is 56.7 Å². The summed E-state index contributed by atoms with van der Waals surface area (Å²) < 4.78 is 31.2. The molecular weight excluding hydrogens is 366 g/mol. The van der Waals surface area contributed by atoms with Gasteiger partial charge < -0.3 is 10.1 Å². The van der Waals surface area contributed by atoms with Gasteiger partial charge in [0.1, 0.15) is 6.04 Å². The zero-order chi connectivity index (χ0) is 20.0. The predicted molar refractivity (Wildman–Crippen MR) is 108 cm³/mol. The molecule has 0 saturated carbocycles. The topological polar surface area (TPSA) is 79.0 Å². The van der Waals surface area contributed by atoms with Gasteiger partial charge in [-0.2, -0.15) is 0 Å². The van der Waals surface area contributed by atoms with Gasteiger partial charge in [-0.15, -0.1) is 0 Å². The number of sulfonamides is 1. The SMILES string of the molecule is Cc1cc(C)cc(N([C@H](C)C(=O)NCCCN2CCOCC2)S(C)(=O)=O)c1. The zero-order valence-corrected chi connectivity index (χ0v) is 17.5. The number of nitrogens with zero attached hydrogens (tertiary/aromatic N) is 2. The summed E-state index contributed by atoms with van der Waals surface area (Å²) in [6.45, 7) is 10.2. The van der Waals surface area contributed by atoms with Crippen LogP contribution in [0.4, 0.5) is 5.69 Å². The minimum atomic E-state index is -3.59. The van der Waals surface area contributed by atoms with Crippen LogP contribution >= 0.6 is 0 Å². The van der Waals surface area contributed by atoms with Crippen LogP contribution < -0.4 is 9.62 Å². The molecule has 0 aliphatic carbocycles. The molecule has 0 spiro atoms. The molecule has 7 nitrogen and oxygen atoms in total. The number of nitrogens with one attached hydrogen (secondary N) is 1. The molecule has 1 aliphatic heterocycles. The van der Waals surface area contributed by atoms with E-state index in [4.69, 9.17) is 4.74 Å². The molecule has 0 unspecified atom stereocenters. The van der Waals surface area contributed by atoms with Gasteiger partial charge in [0.2, 0.25) is 15.9 Å². The molecule has 8 heteroatoms. The van der Waals surface area contributed by atoms with E-state index in [1.807, 2.05) is 19.9 Å². The van der Waals surface area contributed by atoms with E-state index in [2.05, 4.69) is 10.2 Å². The molecule has 1 atom stereocenters. The maximum Gasteiger partial charge on any atom is 0.243 e. The minimum absolute atomic E-state index is 0.290. The number of hydrogen-bond donors (Lipinski definition) is 1. The third-order valence-corrected chi connectivity index (χ3v) is 5.85. The van der Waals surface area contributed by atoms with Gasteiger partial charge in [-0.25, -0.2) is 8.42 Å². The fourth-order valence-corrected chi connectivity index (χ4v) is 4.53. The van der Waals surface area contributed by atoms with Crippen molar-refractivity contribution in [3.63, 3.8) is 0 Å². The molecule has 1 heterocycles. The van der Waals surface area contributed by atoms with Gasteiger partial charge in [0.15, 0.2) is 0 Å². The van der Waals surface area contributed by atoms with Crippen LogP contribution in [0, 0.1) is 13.8 Å². The number of carbonyl (C=O) groups excluding carboxylic acids is 1. The maximum atomic E-state index is 12.6. The highest BCUT2D eigenvalue weighted by Gasteiger charge is 2.29. The second-order valence-electron chi connectivity index (χ2n) is 7.18. The number of ether oxygens (including phenoxy) is 1. The van der Waals surface area contributed by atoms with Gasteiger partial charge in [-0.1, -0.05) is 6.07 Å². The highest BCUT2D eigenvalue weighted by Crippen LogP contribution is 2.23. The molecule has 1 aromatic rings. The lowest BCUT2D eigenvalue weighted by Gasteiger charge is -2.29. The Labute approximate surface area is 162 Å². The number of benzene rings is 1. The predicted octanol–water partition coefficient (Wildman–Crippen LogP) is 1.30. The Morgan fingerprint density at radius 1 is 1.22 bits per heavy atom. The van der Waals surface area contributed by atoms with E-state index < -0.39 is 16.1 Å². The first-order chi connectivity index (χ1) is 12.7. The van der Waals surface area contributed by atoms with Crippen molar-refractivity contribution < 1.29 is 17.9 Å². The first-order valence-corrected chi connectivity index (χ1v) is 11.2. The molecule has 152 valence electrons. The van der Waals surface area contributed by atoms with Crippen molar-refractivity contribution in [3.05, 3.63) is 29.3 Å². The third-order valence-electron chi connectivity index (χ3n) is 4.60. The second-order valence-corrected chi connectivity index (χ2v) is 9.04. The molecule has 2 rings (SSSR count). The van der Waals surface area contributed by atoms with Crippen LogP contribution in [-0.4, -0.2) is 70.9 Å². The molecule has 0 radical (unpaired) electrons. The summed E-state index contributed by atoms with van der Waals surface area (Å²) in [5.41, 5.74) is 2.43. The molecule has 0 bridgehead atoms. The summed E-state index contributed by atoms with van der Waals surface area (Å²) in [5.74, 6) is -0.290. The maximum absolute atomic E-state index is 12.6. The van der Waals surface area contributed by atoms with Crippen LogP contribution in [0.5, 0.6) is 0 Å². The fraction of sp³-hybridized carbons (Fsp3) is 0.632. The summed E-state index contributed by atoms with van der Waals surface area (Å²) >= 11 is 0. The summed E-state index contributed by atoms with van der Waals surface area (Å²) in [5, 5.41) is 2.87. The van der Waals surface area contributed by atoms with Crippen LogP contribution in [0.3, 0.4) is 0 Å². The Balaban J connectivity index is 1.97. The van der Waals surface area contributed by atoms with Crippen molar-refractivity contribution in [2.45, 2.75) is 33.2 Å². The Kier molecular flexibility index (Phi) is 7.64. The number of rotatable bonds is 8. The lowest BCUT2D eigenvalue weighted by molar-refractivity contribution is -0.121.